The van der Waals surface area contributed by atoms with Crippen LogP contribution in [0.25, 0.3) is 22.3 Å². The largest absolute Gasteiger partial charge is 0.444 e. The molecule has 12 heteroatoms. The number of nitrogens with zero attached hydrogens (tertiary/aromatic N) is 5. The van der Waals surface area contributed by atoms with E-state index in [4.69, 9.17) is 16.3 Å². The Labute approximate surface area is 232 Å². The van der Waals surface area contributed by atoms with Crippen molar-refractivity contribution in [3.63, 3.8) is 0 Å². The molecule has 0 saturated carbocycles. The van der Waals surface area contributed by atoms with Crippen molar-refractivity contribution in [1.82, 2.24) is 24.4 Å². The number of likely N-dealkylation sites (tertiary alicyclic amines) is 1. The van der Waals surface area contributed by atoms with Crippen LogP contribution in [-0.2, 0) is 10.3 Å². The lowest BCUT2D eigenvalue weighted by atomic mass is 9.87. The minimum Gasteiger partial charge on any atom is -0.444 e. The topological polar surface area (TPSA) is 126 Å². The summed E-state index contributed by atoms with van der Waals surface area (Å²) in [5.41, 5.74) is -1.79. The second-order valence-electron chi connectivity index (χ2n) is 12.0. The fraction of sp³-hybridized carbons (Fsp3) is 0.556. The summed E-state index contributed by atoms with van der Waals surface area (Å²) in [7, 11) is 0. The lowest BCUT2D eigenvalue weighted by Gasteiger charge is -2.49. The Balaban J connectivity index is 1.61. The quantitative estimate of drug-likeness (QED) is 0.388. The molecule has 10 nitrogen and oxygen atoms in total. The maximum absolute atomic E-state index is 15.3. The van der Waals surface area contributed by atoms with Gasteiger partial charge in [0.05, 0.1) is 41.6 Å². The lowest BCUT2D eigenvalue weighted by Crippen LogP contribution is -2.70. The van der Waals surface area contributed by atoms with Crippen LogP contribution in [-0.4, -0.2) is 71.1 Å². The van der Waals surface area contributed by atoms with Crippen LogP contribution < -0.4 is 5.32 Å². The van der Waals surface area contributed by atoms with Crippen molar-refractivity contribution in [3.05, 3.63) is 35.0 Å². The van der Waals surface area contributed by atoms with Gasteiger partial charge in [-0.1, -0.05) is 11.6 Å². The number of fused-ring (bicyclic) bond motifs is 1. The van der Waals surface area contributed by atoms with E-state index in [9.17, 15) is 15.0 Å². The first-order chi connectivity index (χ1) is 17.9. The number of rotatable bonds is 6. The molecule has 1 saturated heterocycles. The Morgan fingerprint density at radius 1 is 1.18 bits per heavy atom. The number of nitrogens with one attached hydrogen (secondary N) is 1. The van der Waals surface area contributed by atoms with Gasteiger partial charge in [0.1, 0.15) is 28.1 Å². The Bertz CT molecular complexity index is 1410. The highest BCUT2D eigenvalue weighted by molar-refractivity contribution is 6.33. The summed E-state index contributed by atoms with van der Waals surface area (Å²) in [6, 6.07) is 2.41. The zero-order chi connectivity index (χ0) is 29.1. The molecule has 0 bridgehead atoms. The average molecular weight is 563 g/mol. The van der Waals surface area contributed by atoms with Crippen LogP contribution in [0.3, 0.4) is 0 Å². The smallest absolute Gasteiger partial charge is 0.410 e. The van der Waals surface area contributed by atoms with Gasteiger partial charge in [0, 0.05) is 11.6 Å². The number of halogens is 2. The second kappa shape index (κ2) is 9.87. The molecule has 1 amide bonds. The Kier molecular flexibility index (Phi) is 7.33. The molecule has 1 fully saturated rings. The third-order valence-corrected chi connectivity index (χ3v) is 6.84. The van der Waals surface area contributed by atoms with E-state index in [-0.39, 0.29) is 35.6 Å². The van der Waals surface area contributed by atoms with Gasteiger partial charge in [0.25, 0.3) is 0 Å². The average Bonchev–Trinajstić information content (AvgIpc) is 3.18. The molecule has 1 atom stereocenters. The van der Waals surface area contributed by atoms with Crippen molar-refractivity contribution in [1.29, 1.82) is 0 Å². The van der Waals surface area contributed by atoms with E-state index in [0.29, 0.717) is 22.6 Å². The number of benzene rings is 1. The van der Waals surface area contributed by atoms with Crippen molar-refractivity contribution in [2.75, 3.05) is 18.4 Å². The minimum atomic E-state index is -1.28. The van der Waals surface area contributed by atoms with Gasteiger partial charge >= 0.3 is 6.09 Å². The minimum absolute atomic E-state index is 0.0845. The van der Waals surface area contributed by atoms with E-state index in [2.05, 4.69) is 20.3 Å². The molecule has 3 N–H and O–H groups in total. The van der Waals surface area contributed by atoms with E-state index in [1.807, 2.05) is 13.8 Å². The molecule has 0 spiro atoms. The molecule has 1 aliphatic heterocycles. The predicted molar refractivity (Wildman–Crippen MR) is 147 cm³/mol. The van der Waals surface area contributed by atoms with E-state index in [0.717, 1.165) is 0 Å². The number of aliphatic hydroxyl groups is 2. The van der Waals surface area contributed by atoms with Crippen LogP contribution in [0.1, 0.15) is 67.3 Å². The highest BCUT2D eigenvalue weighted by atomic mass is 35.5. The first-order valence-electron chi connectivity index (χ1n) is 12.8. The van der Waals surface area contributed by atoms with Gasteiger partial charge in [-0.3, -0.25) is 0 Å². The van der Waals surface area contributed by atoms with Gasteiger partial charge in [-0.15, -0.1) is 0 Å². The number of ether oxygens (including phenoxy) is 1. The summed E-state index contributed by atoms with van der Waals surface area (Å²) < 4.78 is 22.5. The maximum atomic E-state index is 15.3. The number of carbonyl (C=O) groups excluding carboxylic acids is 1. The lowest BCUT2D eigenvalue weighted by molar-refractivity contribution is -0.105. The summed E-state index contributed by atoms with van der Waals surface area (Å²) in [5.74, 6) is -0.0419. The highest BCUT2D eigenvalue weighted by Crippen LogP contribution is 2.35. The van der Waals surface area contributed by atoms with Crippen LogP contribution >= 0.6 is 11.6 Å². The SMILES string of the molecule is CC(C)n1c(C(C)(C)O)nc2c(F)cc(-c3nc(N[C@@H](C)C4(O)CN(C(=O)OC(C)(C)C)C4)ncc3Cl)cc21. The number of amides is 1. The number of imidazole rings is 1. The third kappa shape index (κ3) is 5.80. The molecule has 212 valence electrons. The molecule has 0 aliphatic carbocycles. The summed E-state index contributed by atoms with van der Waals surface area (Å²) in [5, 5.41) is 25.0. The Hall–Kier alpha value is -3.02. The third-order valence-electron chi connectivity index (χ3n) is 6.56. The van der Waals surface area contributed by atoms with Crippen LogP contribution in [0.4, 0.5) is 15.1 Å². The van der Waals surface area contributed by atoms with Crippen LogP contribution in [0.5, 0.6) is 0 Å². The van der Waals surface area contributed by atoms with Crippen molar-refractivity contribution in [2.45, 2.75) is 84.3 Å². The van der Waals surface area contributed by atoms with E-state index in [1.165, 1.54) is 17.2 Å². The molecule has 0 radical (unpaired) electrons. The Morgan fingerprint density at radius 2 is 1.82 bits per heavy atom. The van der Waals surface area contributed by atoms with Gasteiger partial charge in [0.15, 0.2) is 5.82 Å². The van der Waals surface area contributed by atoms with Gasteiger partial charge in [-0.25, -0.2) is 24.1 Å². The fourth-order valence-corrected chi connectivity index (χ4v) is 4.76. The molecule has 1 aliphatic rings. The van der Waals surface area contributed by atoms with Crippen LogP contribution in [0.2, 0.25) is 5.02 Å². The molecule has 39 heavy (non-hydrogen) atoms. The van der Waals surface area contributed by atoms with Gasteiger partial charge in [0.2, 0.25) is 5.95 Å². The first-order valence-corrected chi connectivity index (χ1v) is 13.2. The molecular weight excluding hydrogens is 527 g/mol. The fourth-order valence-electron chi connectivity index (χ4n) is 4.56. The normalized spacial score (nSPS) is 16.4. The summed E-state index contributed by atoms with van der Waals surface area (Å²) in [6.07, 6.45) is 0.913. The van der Waals surface area contributed by atoms with Crippen molar-refractivity contribution in [2.24, 2.45) is 0 Å². The van der Waals surface area contributed by atoms with Gasteiger partial charge in [-0.05, 0) is 67.5 Å². The van der Waals surface area contributed by atoms with E-state index < -0.39 is 34.8 Å². The zero-order valence-electron chi connectivity index (χ0n) is 23.5. The van der Waals surface area contributed by atoms with Gasteiger partial charge < -0.3 is 29.7 Å². The zero-order valence-corrected chi connectivity index (χ0v) is 24.3. The standard InChI is InChI=1S/C27H36ClFN6O4/c1-14(2)35-19-10-16(9-18(29)21(19)32-22(35)26(7,8)37)20-17(28)11-30-23(33-20)31-15(3)27(38)12-34(13-27)24(36)39-25(4,5)6/h9-11,14-15,37-38H,12-13H2,1-8H3,(H,30,31,33)/t15-/m0/s1. The van der Waals surface area contributed by atoms with Crippen molar-refractivity contribution < 1.29 is 24.1 Å². The molecule has 4 rings (SSSR count). The van der Waals surface area contributed by atoms with Crippen molar-refractivity contribution in [3.8, 4) is 11.3 Å². The van der Waals surface area contributed by atoms with E-state index >= 15 is 4.39 Å². The highest BCUT2D eigenvalue weighted by Gasteiger charge is 2.49. The van der Waals surface area contributed by atoms with Crippen molar-refractivity contribution >= 4 is 34.7 Å². The monoisotopic (exact) mass is 562 g/mol. The molecule has 0 unspecified atom stereocenters. The van der Waals surface area contributed by atoms with Crippen LogP contribution in [0.15, 0.2) is 18.3 Å². The molecular formula is C27H36ClFN6O4. The maximum Gasteiger partial charge on any atom is 0.410 e. The van der Waals surface area contributed by atoms with Crippen LogP contribution in [0, 0.1) is 5.82 Å². The number of anilines is 1. The molecule has 3 heterocycles. The number of hydrogen-bond donors (Lipinski definition) is 3. The Morgan fingerprint density at radius 3 is 2.38 bits per heavy atom. The summed E-state index contributed by atoms with van der Waals surface area (Å²) >= 11 is 6.44. The summed E-state index contributed by atoms with van der Waals surface area (Å²) in [6.45, 7) is 14.3. The molecule has 2 aromatic heterocycles. The number of aromatic nitrogens is 4. The van der Waals surface area contributed by atoms with E-state index in [1.54, 1.807) is 52.2 Å². The molecule has 3 aromatic rings. The van der Waals surface area contributed by atoms with Gasteiger partial charge in [-0.2, -0.15) is 0 Å². The number of hydrogen-bond acceptors (Lipinski definition) is 8. The number of β-amino-alcohol motifs (C(OH)–C–C–N with tert-alkyl or cyclic N) is 1. The predicted octanol–water partition coefficient (Wildman–Crippen LogP) is 4.88. The number of carbonyl (C=O) groups is 1. The molecule has 1 aromatic carbocycles. The second-order valence-corrected chi connectivity index (χ2v) is 12.4. The first kappa shape index (κ1) is 29.0. The summed E-state index contributed by atoms with van der Waals surface area (Å²) in [4.78, 5) is 26.8.